The van der Waals surface area contributed by atoms with Gasteiger partial charge in [-0.05, 0) is 62.3 Å². The summed E-state index contributed by atoms with van der Waals surface area (Å²) in [4.78, 5) is 12.3. The highest BCUT2D eigenvalue weighted by molar-refractivity contribution is 7.99. The van der Waals surface area contributed by atoms with Gasteiger partial charge in [0.2, 0.25) is 0 Å². The fourth-order valence-corrected chi connectivity index (χ4v) is 3.12. The fraction of sp³-hybridized carbons (Fsp3) is 0.316. The molecule has 0 spiro atoms. The number of rotatable bonds is 9. The number of phenols is 1. The number of thioether (sulfide) groups is 1. The maximum Gasteiger partial charge on any atom is 0.163 e. The summed E-state index contributed by atoms with van der Waals surface area (Å²) in [6.45, 7) is 2.20. The van der Waals surface area contributed by atoms with E-state index in [2.05, 4.69) is 0 Å². The minimum Gasteiger partial charge on any atom is -0.507 e. The Morgan fingerprint density at radius 1 is 1.09 bits per heavy atom. The Bertz CT molecular complexity index is 626. The molecule has 0 fully saturated rings. The van der Waals surface area contributed by atoms with E-state index in [4.69, 9.17) is 4.74 Å². The minimum absolute atomic E-state index is 0.0683. The van der Waals surface area contributed by atoms with Crippen LogP contribution in [0, 0.1) is 0 Å². The lowest BCUT2D eigenvalue weighted by Gasteiger charge is -2.06. The third kappa shape index (κ3) is 5.99. The number of hydrogen-bond acceptors (Lipinski definition) is 4. The Kier molecular flexibility index (Phi) is 7.01. The zero-order valence-corrected chi connectivity index (χ0v) is 14.1. The summed E-state index contributed by atoms with van der Waals surface area (Å²) in [5.74, 6) is 1.86. The Morgan fingerprint density at radius 3 is 2.57 bits per heavy atom. The molecule has 2 aromatic carbocycles. The first kappa shape index (κ1) is 17.4. The monoisotopic (exact) mass is 330 g/mol. The SMILES string of the molecule is CC(=O)c1ccc(SCCCCCOc2ccccc2)cc1O. The van der Waals surface area contributed by atoms with E-state index in [0.717, 1.165) is 42.3 Å². The van der Waals surface area contributed by atoms with Gasteiger partial charge in [0.1, 0.15) is 11.5 Å². The summed E-state index contributed by atoms with van der Waals surface area (Å²) in [5.41, 5.74) is 0.382. The van der Waals surface area contributed by atoms with Gasteiger partial charge in [0.15, 0.2) is 5.78 Å². The zero-order valence-electron chi connectivity index (χ0n) is 13.3. The number of Topliss-reactive ketones (excluding diaryl/α,β-unsaturated/α-hetero) is 1. The second-order valence-corrected chi connectivity index (χ2v) is 6.47. The van der Waals surface area contributed by atoms with Crippen molar-refractivity contribution in [3.8, 4) is 11.5 Å². The Hall–Kier alpha value is -1.94. The van der Waals surface area contributed by atoms with Crippen molar-refractivity contribution in [2.75, 3.05) is 12.4 Å². The van der Waals surface area contributed by atoms with Crippen LogP contribution in [0.2, 0.25) is 0 Å². The van der Waals surface area contributed by atoms with Crippen LogP contribution in [0.5, 0.6) is 11.5 Å². The normalized spacial score (nSPS) is 10.5. The van der Waals surface area contributed by atoms with Crippen LogP contribution in [-0.4, -0.2) is 23.2 Å². The Labute approximate surface area is 141 Å². The number of ketones is 1. The molecule has 0 aliphatic heterocycles. The van der Waals surface area contributed by atoms with E-state index in [0.29, 0.717) is 5.56 Å². The highest BCUT2D eigenvalue weighted by atomic mass is 32.2. The fourth-order valence-electron chi connectivity index (χ4n) is 2.18. The Morgan fingerprint density at radius 2 is 1.87 bits per heavy atom. The predicted molar refractivity (Wildman–Crippen MR) is 94.6 cm³/mol. The largest absolute Gasteiger partial charge is 0.507 e. The van der Waals surface area contributed by atoms with Gasteiger partial charge in [-0.2, -0.15) is 0 Å². The summed E-state index contributed by atoms with van der Waals surface area (Å²) in [6.07, 6.45) is 3.24. The van der Waals surface area contributed by atoms with Gasteiger partial charge in [0.05, 0.1) is 12.2 Å². The maximum absolute atomic E-state index is 11.3. The molecule has 2 rings (SSSR count). The van der Waals surface area contributed by atoms with E-state index in [1.165, 1.54) is 6.92 Å². The Balaban J connectivity index is 1.60. The first-order valence-electron chi connectivity index (χ1n) is 7.81. The molecule has 0 unspecified atom stereocenters. The molecule has 0 aromatic heterocycles. The van der Waals surface area contributed by atoms with Gasteiger partial charge in [-0.1, -0.05) is 18.2 Å². The van der Waals surface area contributed by atoms with Crippen molar-refractivity contribution < 1.29 is 14.6 Å². The first-order valence-corrected chi connectivity index (χ1v) is 8.80. The van der Waals surface area contributed by atoms with Gasteiger partial charge >= 0.3 is 0 Å². The van der Waals surface area contributed by atoms with Crippen LogP contribution in [0.15, 0.2) is 53.4 Å². The molecule has 4 heteroatoms. The summed E-state index contributed by atoms with van der Waals surface area (Å²) in [7, 11) is 0. The molecule has 2 aromatic rings. The van der Waals surface area contributed by atoms with Gasteiger partial charge in [-0.15, -0.1) is 11.8 Å². The van der Waals surface area contributed by atoms with Crippen LogP contribution in [-0.2, 0) is 0 Å². The molecule has 23 heavy (non-hydrogen) atoms. The van der Waals surface area contributed by atoms with Crippen LogP contribution in [0.1, 0.15) is 36.5 Å². The maximum atomic E-state index is 11.3. The van der Waals surface area contributed by atoms with Crippen molar-refractivity contribution in [3.63, 3.8) is 0 Å². The summed E-state index contributed by atoms with van der Waals surface area (Å²) < 4.78 is 5.65. The highest BCUT2D eigenvalue weighted by Gasteiger charge is 2.07. The lowest BCUT2D eigenvalue weighted by molar-refractivity contribution is 0.101. The van der Waals surface area contributed by atoms with E-state index in [9.17, 15) is 9.90 Å². The summed E-state index contributed by atoms with van der Waals surface area (Å²) in [5, 5.41) is 9.79. The molecule has 0 atom stereocenters. The van der Waals surface area contributed by atoms with Crippen molar-refractivity contribution in [1.82, 2.24) is 0 Å². The predicted octanol–water partition coefficient (Wildman–Crippen LogP) is 4.94. The number of hydrogen-bond donors (Lipinski definition) is 1. The third-order valence-corrected chi connectivity index (χ3v) is 4.50. The zero-order chi connectivity index (χ0) is 16.5. The summed E-state index contributed by atoms with van der Waals surface area (Å²) >= 11 is 1.70. The molecule has 1 N–H and O–H groups in total. The van der Waals surface area contributed by atoms with Gasteiger partial charge in [0.25, 0.3) is 0 Å². The molecule has 0 aliphatic carbocycles. The van der Waals surface area contributed by atoms with E-state index >= 15 is 0 Å². The van der Waals surface area contributed by atoms with Crippen LogP contribution in [0.25, 0.3) is 0 Å². The van der Waals surface area contributed by atoms with Crippen molar-refractivity contribution in [2.24, 2.45) is 0 Å². The first-order chi connectivity index (χ1) is 11.2. The lowest BCUT2D eigenvalue weighted by atomic mass is 10.1. The molecule has 122 valence electrons. The van der Waals surface area contributed by atoms with Crippen LogP contribution < -0.4 is 4.74 Å². The summed E-state index contributed by atoms with van der Waals surface area (Å²) in [6, 6.07) is 15.1. The topological polar surface area (TPSA) is 46.5 Å². The second kappa shape index (κ2) is 9.26. The van der Waals surface area contributed by atoms with E-state index < -0.39 is 0 Å². The molecular formula is C19H22O3S. The number of ether oxygens (including phenoxy) is 1. The molecule has 0 amide bonds. The number of para-hydroxylation sites is 1. The molecule has 0 bridgehead atoms. The quantitative estimate of drug-likeness (QED) is 0.402. The van der Waals surface area contributed by atoms with E-state index in [-0.39, 0.29) is 11.5 Å². The number of aromatic hydroxyl groups is 1. The lowest BCUT2D eigenvalue weighted by Crippen LogP contribution is -1.97. The number of unbranched alkanes of at least 4 members (excludes halogenated alkanes) is 2. The average molecular weight is 330 g/mol. The minimum atomic E-state index is -0.113. The van der Waals surface area contributed by atoms with Crippen molar-refractivity contribution in [2.45, 2.75) is 31.1 Å². The highest BCUT2D eigenvalue weighted by Crippen LogP contribution is 2.27. The number of benzene rings is 2. The van der Waals surface area contributed by atoms with Crippen molar-refractivity contribution in [1.29, 1.82) is 0 Å². The molecule has 0 heterocycles. The van der Waals surface area contributed by atoms with Crippen LogP contribution in [0.3, 0.4) is 0 Å². The van der Waals surface area contributed by atoms with E-state index in [1.807, 2.05) is 36.4 Å². The van der Waals surface area contributed by atoms with Gasteiger partial charge in [-0.25, -0.2) is 0 Å². The molecule has 0 radical (unpaired) electrons. The van der Waals surface area contributed by atoms with Gasteiger partial charge in [0, 0.05) is 4.90 Å². The standard InChI is InChI=1S/C19H22O3S/c1-15(20)18-11-10-17(14-19(18)21)23-13-7-3-6-12-22-16-8-4-2-5-9-16/h2,4-5,8-11,14,21H,3,6-7,12-13H2,1H3. The molecule has 0 saturated heterocycles. The number of carbonyl (C=O) groups is 1. The molecule has 0 aliphatic rings. The van der Waals surface area contributed by atoms with Crippen molar-refractivity contribution >= 4 is 17.5 Å². The molecule has 3 nitrogen and oxygen atoms in total. The average Bonchev–Trinajstić information content (AvgIpc) is 2.54. The number of carbonyl (C=O) groups excluding carboxylic acids is 1. The smallest absolute Gasteiger partial charge is 0.163 e. The molecular weight excluding hydrogens is 308 g/mol. The van der Waals surface area contributed by atoms with Crippen molar-refractivity contribution in [3.05, 3.63) is 54.1 Å². The van der Waals surface area contributed by atoms with Gasteiger partial charge in [-0.3, -0.25) is 4.79 Å². The van der Waals surface area contributed by atoms with Crippen LogP contribution >= 0.6 is 11.8 Å². The van der Waals surface area contributed by atoms with E-state index in [1.54, 1.807) is 23.9 Å². The van der Waals surface area contributed by atoms with Gasteiger partial charge < -0.3 is 9.84 Å². The van der Waals surface area contributed by atoms with Crippen LogP contribution in [0.4, 0.5) is 0 Å². The molecule has 0 saturated carbocycles. The second-order valence-electron chi connectivity index (χ2n) is 5.31. The number of phenolic OH excluding ortho intramolecular Hbond substituents is 1. The third-order valence-electron chi connectivity index (χ3n) is 3.42.